The summed E-state index contributed by atoms with van der Waals surface area (Å²) in [5.41, 5.74) is 0. The van der Waals surface area contributed by atoms with Crippen molar-refractivity contribution in [2.75, 3.05) is 26.2 Å². The Hall–Kier alpha value is -0.0800. The molecule has 0 aromatic heterocycles. The van der Waals surface area contributed by atoms with Crippen LogP contribution in [0.25, 0.3) is 0 Å². The molecule has 0 atom stereocenters. The van der Waals surface area contributed by atoms with Crippen molar-refractivity contribution in [1.82, 2.24) is 4.90 Å². The van der Waals surface area contributed by atoms with Gasteiger partial charge in [-0.3, -0.25) is 0 Å². The molecule has 0 rings (SSSR count). The van der Waals surface area contributed by atoms with E-state index in [2.05, 4.69) is 18.7 Å². The van der Waals surface area contributed by atoms with Crippen LogP contribution in [0.3, 0.4) is 0 Å². The second-order valence-corrected chi connectivity index (χ2v) is 3.63. The van der Waals surface area contributed by atoms with Crippen LogP contribution in [-0.2, 0) is 0 Å². The molecule has 2 nitrogen and oxygen atoms in total. The molecule has 0 radical (unpaired) electrons. The fourth-order valence-electron chi connectivity index (χ4n) is 1.48. The third-order valence-electron chi connectivity index (χ3n) is 2.25. The quantitative estimate of drug-likeness (QED) is 0.560. The van der Waals surface area contributed by atoms with Gasteiger partial charge >= 0.3 is 0 Å². The van der Waals surface area contributed by atoms with Crippen LogP contribution in [0.4, 0.5) is 0 Å². The predicted molar refractivity (Wildman–Crippen MR) is 58.0 cm³/mol. The lowest BCUT2D eigenvalue weighted by molar-refractivity contribution is 0.239. The largest absolute Gasteiger partial charge is 0.396 e. The molecule has 1 N–H and O–H groups in total. The van der Waals surface area contributed by atoms with Crippen LogP contribution in [-0.4, -0.2) is 36.2 Å². The fraction of sp³-hybridized carbons (Fsp3) is 1.00. The zero-order chi connectivity index (χ0) is 9.94. The topological polar surface area (TPSA) is 23.5 Å². The van der Waals surface area contributed by atoms with Gasteiger partial charge in [-0.25, -0.2) is 0 Å². The average molecular weight is 187 g/mol. The van der Waals surface area contributed by atoms with Gasteiger partial charge in [0.25, 0.3) is 0 Å². The highest BCUT2D eigenvalue weighted by atomic mass is 16.2. The number of unbranched alkanes of at least 4 members (excludes halogenated alkanes) is 2. The molecule has 0 unspecified atom stereocenters. The molecular formula is C11H25NO. The van der Waals surface area contributed by atoms with Gasteiger partial charge in [0.05, 0.1) is 0 Å². The van der Waals surface area contributed by atoms with E-state index in [9.17, 15) is 0 Å². The van der Waals surface area contributed by atoms with Crippen LogP contribution in [0.15, 0.2) is 0 Å². The minimum Gasteiger partial charge on any atom is -0.396 e. The van der Waals surface area contributed by atoms with Gasteiger partial charge in [-0.15, -0.1) is 0 Å². The van der Waals surface area contributed by atoms with Crippen LogP contribution in [0.5, 0.6) is 0 Å². The zero-order valence-corrected chi connectivity index (χ0v) is 9.26. The molecule has 0 aromatic rings. The van der Waals surface area contributed by atoms with Gasteiger partial charge in [0.15, 0.2) is 0 Å². The minimum atomic E-state index is 0.341. The standard InChI is InChI=1S/C11H25NO/c1-3-5-9-12(8-4-2)10-6-7-11-13/h13H,3-11H2,1-2H3. The molecule has 0 spiro atoms. The summed E-state index contributed by atoms with van der Waals surface area (Å²) in [6, 6.07) is 0. The molecule has 0 bridgehead atoms. The summed E-state index contributed by atoms with van der Waals surface area (Å²) in [6.45, 7) is 8.41. The van der Waals surface area contributed by atoms with Crippen molar-refractivity contribution in [2.24, 2.45) is 0 Å². The van der Waals surface area contributed by atoms with Crippen molar-refractivity contribution in [3.8, 4) is 0 Å². The van der Waals surface area contributed by atoms with Crippen molar-refractivity contribution in [2.45, 2.75) is 46.0 Å². The molecule has 0 aliphatic heterocycles. The Labute approximate surface area is 82.9 Å². The number of hydrogen-bond donors (Lipinski definition) is 1. The maximum atomic E-state index is 8.67. The highest BCUT2D eigenvalue weighted by Crippen LogP contribution is 1.99. The first-order valence-corrected chi connectivity index (χ1v) is 5.68. The molecule has 0 aliphatic rings. The van der Waals surface area contributed by atoms with Gasteiger partial charge in [0.1, 0.15) is 0 Å². The van der Waals surface area contributed by atoms with Gasteiger partial charge in [-0.2, -0.15) is 0 Å². The van der Waals surface area contributed by atoms with E-state index < -0.39 is 0 Å². The number of rotatable bonds is 9. The van der Waals surface area contributed by atoms with E-state index in [0.717, 1.165) is 19.4 Å². The number of aliphatic hydroxyl groups is 1. The average Bonchev–Trinajstić information content (AvgIpc) is 2.14. The first-order valence-electron chi connectivity index (χ1n) is 5.68. The van der Waals surface area contributed by atoms with E-state index >= 15 is 0 Å². The maximum Gasteiger partial charge on any atom is 0.0431 e. The number of nitrogens with zero attached hydrogens (tertiary/aromatic N) is 1. The molecule has 0 fully saturated rings. The summed E-state index contributed by atoms with van der Waals surface area (Å²) in [5.74, 6) is 0. The van der Waals surface area contributed by atoms with Crippen molar-refractivity contribution < 1.29 is 5.11 Å². The third kappa shape index (κ3) is 8.26. The molecule has 80 valence electrons. The minimum absolute atomic E-state index is 0.341. The van der Waals surface area contributed by atoms with E-state index in [0.29, 0.717) is 6.61 Å². The van der Waals surface area contributed by atoms with E-state index in [1.165, 1.54) is 32.4 Å². The van der Waals surface area contributed by atoms with Crippen LogP contribution >= 0.6 is 0 Å². The summed E-state index contributed by atoms with van der Waals surface area (Å²) in [7, 11) is 0. The molecule has 0 saturated carbocycles. The smallest absolute Gasteiger partial charge is 0.0431 e. The molecule has 0 aliphatic carbocycles. The summed E-state index contributed by atoms with van der Waals surface area (Å²) < 4.78 is 0. The summed E-state index contributed by atoms with van der Waals surface area (Å²) >= 11 is 0. The summed E-state index contributed by atoms with van der Waals surface area (Å²) in [6.07, 6.45) is 5.91. The summed E-state index contributed by atoms with van der Waals surface area (Å²) in [5, 5.41) is 8.67. The SMILES string of the molecule is CCCCN(CCC)CCCCO. The monoisotopic (exact) mass is 187 g/mol. The molecule has 0 saturated heterocycles. The van der Waals surface area contributed by atoms with Crippen molar-refractivity contribution in [1.29, 1.82) is 0 Å². The number of aliphatic hydroxyl groups excluding tert-OH is 1. The van der Waals surface area contributed by atoms with Crippen LogP contribution in [0.1, 0.15) is 46.0 Å². The van der Waals surface area contributed by atoms with Crippen molar-refractivity contribution in [3.63, 3.8) is 0 Å². The molecule has 0 amide bonds. The lowest BCUT2D eigenvalue weighted by Crippen LogP contribution is -2.27. The third-order valence-corrected chi connectivity index (χ3v) is 2.25. The van der Waals surface area contributed by atoms with Crippen LogP contribution in [0.2, 0.25) is 0 Å². The van der Waals surface area contributed by atoms with Gasteiger partial charge < -0.3 is 10.0 Å². The first kappa shape index (κ1) is 12.9. The molecule has 2 heteroatoms. The molecular weight excluding hydrogens is 162 g/mol. The normalized spacial score (nSPS) is 11.1. The lowest BCUT2D eigenvalue weighted by atomic mass is 10.2. The maximum absolute atomic E-state index is 8.67. The molecule has 0 heterocycles. The van der Waals surface area contributed by atoms with Gasteiger partial charge in [-0.05, 0) is 45.3 Å². The lowest BCUT2D eigenvalue weighted by Gasteiger charge is -2.20. The van der Waals surface area contributed by atoms with Gasteiger partial charge in [-0.1, -0.05) is 20.3 Å². The van der Waals surface area contributed by atoms with Crippen LogP contribution in [0, 0.1) is 0 Å². The summed E-state index contributed by atoms with van der Waals surface area (Å²) in [4.78, 5) is 2.51. The predicted octanol–water partition coefficient (Wildman–Crippen LogP) is 2.27. The van der Waals surface area contributed by atoms with E-state index in [4.69, 9.17) is 5.11 Å². The first-order chi connectivity index (χ1) is 6.35. The van der Waals surface area contributed by atoms with Gasteiger partial charge in [0.2, 0.25) is 0 Å². The van der Waals surface area contributed by atoms with Gasteiger partial charge in [0, 0.05) is 6.61 Å². The second kappa shape index (κ2) is 10.0. The molecule has 0 aromatic carbocycles. The highest BCUT2D eigenvalue weighted by molar-refractivity contribution is 4.56. The Morgan fingerprint density at radius 1 is 0.846 bits per heavy atom. The van der Waals surface area contributed by atoms with Crippen molar-refractivity contribution >= 4 is 0 Å². The Kier molecular flexibility index (Phi) is 9.94. The zero-order valence-electron chi connectivity index (χ0n) is 9.26. The number of hydrogen-bond acceptors (Lipinski definition) is 2. The molecule has 13 heavy (non-hydrogen) atoms. The second-order valence-electron chi connectivity index (χ2n) is 3.63. The van der Waals surface area contributed by atoms with E-state index in [1.54, 1.807) is 0 Å². The Bertz CT molecular complexity index is 96.1. The fourth-order valence-corrected chi connectivity index (χ4v) is 1.48. The van der Waals surface area contributed by atoms with E-state index in [1.807, 2.05) is 0 Å². The highest BCUT2D eigenvalue weighted by Gasteiger charge is 2.01. The Morgan fingerprint density at radius 3 is 2.08 bits per heavy atom. The Morgan fingerprint density at radius 2 is 1.54 bits per heavy atom. The Balaban J connectivity index is 3.41. The van der Waals surface area contributed by atoms with Crippen molar-refractivity contribution in [3.05, 3.63) is 0 Å². The van der Waals surface area contributed by atoms with Crippen LogP contribution < -0.4 is 0 Å². The van der Waals surface area contributed by atoms with E-state index in [-0.39, 0.29) is 0 Å².